The second kappa shape index (κ2) is 6.11. The van der Waals surface area contributed by atoms with Gasteiger partial charge in [-0.3, -0.25) is 0 Å². The fourth-order valence-corrected chi connectivity index (χ4v) is 3.78. The largest absolute Gasteiger partial charge is 0.360 e. The Labute approximate surface area is 133 Å². The number of fused-ring (bicyclic) bond motifs is 1. The molecule has 2 aromatic carbocycles. The van der Waals surface area contributed by atoms with Gasteiger partial charge in [0.05, 0.1) is 4.90 Å². The summed E-state index contributed by atoms with van der Waals surface area (Å²) in [7, 11) is -3.67. The molecule has 0 radical (unpaired) electrons. The van der Waals surface area contributed by atoms with Gasteiger partial charge < -0.3 is 10.7 Å². The molecule has 4 N–H and O–H groups in total. The molecule has 0 atom stereocenters. The number of halogens is 1. The summed E-state index contributed by atoms with van der Waals surface area (Å²) in [5, 5.41) is 0.757. The fraction of sp³-hybridized carbons (Fsp3) is 0.125. The minimum absolute atomic E-state index is 0.162. The zero-order chi connectivity index (χ0) is 16.4. The highest BCUT2D eigenvalue weighted by Gasteiger charge is 2.20. The van der Waals surface area contributed by atoms with Crippen molar-refractivity contribution in [3.63, 3.8) is 0 Å². The molecule has 120 valence electrons. The molecule has 0 unspecified atom stereocenters. The molecular weight excluding hydrogens is 317 g/mol. The first-order chi connectivity index (χ1) is 11.0. The smallest absolute Gasteiger partial charge is 0.241 e. The molecule has 1 aromatic heterocycles. The minimum Gasteiger partial charge on any atom is -0.360 e. The lowest BCUT2D eigenvalue weighted by molar-refractivity contribution is 0.582. The number of sulfonamides is 1. The lowest BCUT2D eigenvalue weighted by atomic mass is 10.0. The highest BCUT2D eigenvalue weighted by atomic mass is 32.2. The Morgan fingerprint density at radius 1 is 1.13 bits per heavy atom. The van der Waals surface area contributed by atoms with Gasteiger partial charge in [0.15, 0.2) is 0 Å². The van der Waals surface area contributed by atoms with Gasteiger partial charge in [0.2, 0.25) is 10.0 Å². The van der Waals surface area contributed by atoms with E-state index in [0.29, 0.717) is 16.6 Å². The highest BCUT2D eigenvalue weighted by Crippen LogP contribution is 2.33. The molecule has 0 amide bonds. The zero-order valence-corrected chi connectivity index (χ0v) is 13.0. The Balaban J connectivity index is 2.17. The van der Waals surface area contributed by atoms with E-state index in [1.807, 2.05) is 0 Å². The van der Waals surface area contributed by atoms with Crippen LogP contribution in [-0.4, -0.2) is 26.5 Å². The van der Waals surface area contributed by atoms with E-state index in [1.54, 1.807) is 30.5 Å². The second-order valence-electron chi connectivity index (χ2n) is 5.07. The van der Waals surface area contributed by atoms with Gasteiger partial charge in [0.25, 0.3) is 0 Å². The van der Waals surface area contributed by atoms with Crippen LogP contribution >= 0.6 is 0 Å². The first-order valence-electron chi connectivity index (χ1n) is 7.09. The third kappa shape index (κ3) is 2.98. The van der Waals surface area contributed by atoms with Crippen LogP contribution in [0.5, 0.6) is 0 Å². The molecule has 3 rings (SSSR count). The average Bonchev–Trinajstić information content (AvgIpc) is 2.96. The maximum Gasteiger partial charge on any atom is 0.241 e. The lowest BCUT2D eigenvalue weighted by Crippen LogP contribution is -2.29. The Bertz CT molecular complexity index is 951. The molecule has 0 bridgehead atoms. The molecule has 0 spiro atoms. The van der Waals surface area contributed by atoms with Crippen LogP contribution in [0.1, 0.15) is 0 Å². The van der Waals surface area contributed by atoms with Crippen LogP contribution in [-0.2, 0) is 10.0 Å². The molecule has 0 fully saturated rings. The average molecular weight is 333 g/mol. The normalized spacial score (nSPS) is 11.9. The first-order valence-corrected chi connectivity index (χ1v) is 8.57. The Hall–Kier alpha value is -2.22. The van der Waals surface area contributed by atoms with Crippen molar-refractivity contribution in [2.45, 2.75) is 4.90 Å². The number of benzene rings is 2. The van der Waals surface area contributed by atoms with Crippen LogP contribution in [0.25, 0.3) is 22.0 Å². The SMILES string of the molecule is NCCNS(=O)(=O)c1ccccc1-c1c[nH]c2cc(F)ccc12. The second-order valence-corrected chi connectivity index (χ2v) is 6.81. The summed E-state index contributed by atoms with van der Waals surface area (Å²) in [6, 6.07) is 11.0. The first kappa shape index (κ1) is 15.7. The number of nitrogens with one attached hydrogen (secondary N) is 2. The predicted octanol–water partition coefficient (Wildman–Crippen LogP) is 2.21. The van der Waals surface area contributed by atoms with Crippen LogP contribution in [0.3, 0.4) is 0 Å². The van der Waals surface area contributed by atoms with E-state index in [-0.39, 0.29) is 23.8 Å². The highest BCUT2D eigenvalue weighted by molar-refractivity contribution is 7.89. The third-order valence-corrected chi connectivity index (χ3v) is 5.07. The molecular formula is C16H16FN3O2S. The van der Waals surface area contributed by atoms with Crippen LogP contribution in [0, 0.1) is 5.82 Å². The van der Waals surface area contributed by atoms with E-state index in [4.69, 9.17) is 5.73 Å². The molecule has 0 aliphatic carbocycles. The van der Waals surface area contributed by atoms with Crippen molar-refractivity contribution in [1.29, 1.82) is 0 Å². The van der Waals surface area contributed by atoms with E-state index in [1.165, 1.54) is 18.2 Å². The summed E-state index contributed by atoms with van der Waals surface area (Å²) in [5.41, 5.74) is 7.23. The number of hydrogen-bond donors (Lipinski definition) is 3. The van der Waals surface area contributed by atoms with Gasteiger partial charge in [-0.15, -0.1) is 0 Å². The molecule has 0 saturated heterocycles. The maximum absolute atomic E-state index is 13.3. The summed E-state index contributed by atoms with van der Waals surface area (Å²) >= 11 is 0. The van der Waals surface area contributed by atoms with E-state index in [2.05, 4.69) is 9.71 Å². The number of nitrogens with two attached hydrogens (primary N) is 1. The topological polar surface area (TPSA) is 88.0 Å². The number of aromatic amines is 1. The monoisotopic (exact) mass is 333 g/mol. The zero-order valence-electron chi connectivity index (χ0n) is 12.2. The Morgan fingerprint density at radius 2 is 1.91 bits per heavy atom. The van der Waals surface area contributed by atoms with Crippen molar-refractivity contribution in [1.82, 2.24) is 9.71 Å². The number of rotatable bonds is 5. The summed E-state index contributed by atoms with van der Waals surface area (Å²) in [5.74, 6) is -0.351. The van der Waals surface area contributed by atoms with Crippen LogP contribution in [0.4, 0.5) is 4.39 Å². The Kier molecular flexibility index (Phi) is 4.16. The van der Waals surface area contributed by atoms with E-state index in [9.17, 15) is 12.8 Å². The summed E-state index contributed by atoms with van der Waals surface area (Å²) in [6.07, 6.45) is 1.68. The van der Waals surface area contributed by atoms with Gasteiger partial charge in [0.1, 0.15) is 5.82 Å². The van der Waals surface area contributed by atoms with Gasteiger partial charge >= 0.3 is 0 Å². The quantitative estimate of drug-likeness (QED) is 0.669. The van der Waals surface area contributed by atoms with E-state index in [0.717, 1.165) is 5.39 Å². The lowest BCUT2D eigenvalue weighted by Gasteiger charge is -2.10. The number of H-pyrrole nitrogens is 1. The maximum atomic E-state index is 13.3. The molecule has 1 heterocycles. The summed E-state index contributed by atoms with van der Waals surface area (Å²) in [4.78, 5) is 3.14. The summed E-state index contributed by atoms with van der Waals surface area (Å²) in [6.45, 7) is 0.378. The van der Waals surface area contributed by atoms with Crippen molar-refractivity contribution in [3.05, 3.63) is 54.5 Å². The Morgan fingerprint density at radius 3 is 2.70 bits per heavy atom. The van der Waals surface area contributed by atoms with Gasteiger partial charge in [-0.25, -0.2) is 17.5 Å². The molecule has 0 aliphatic rings. The van der Waals surface area contributed by atoms with Crippen molar-refractivity contribution < 1.29 is 12.8 Å². The van der Waals surface area contributed by atoms with Crippen molar-refractivity contribution in [2.75, 3.05) is 13.1 Å². The van der Waals surface area contributed by atoms with E-state index >= 15 is 0 Å². The molecule has 23 heavy (non-hydrogen) atoms. The van der Waals surface area contributed by atoms with Gasteiger partial charge in [0, 0.05) is 41.3 Å². The van der Waals surface area contributed by atoms with Crippen LogP contribution in [0.15, 0.2) is 53.6 Å². The minimum atomic E-state index is -3.67. The number of hydrogen-bond acceptors (Lipinski definition) is 3. The molecule has 0 saturated carbocycles. The van der Waals surface area contributed by atoms with Crippen molar-refractivity contribution >= 4 is 20.9 Å². The van der Waals surface area contributed by atoms with Gasteiger partial charge in [-0.2, -0.15) is 0 Å². The summed E-state index contributed by atoms with van der Waals surface area (Å²) < 4.78 is 40.7. The standard InChI is InChI=1S/C16H16FN3O2S/c17-11-5-6-12-14(10-19-15(12)9-11)13-3-1-2-4-16(13)23(21,22)20-8-7-18/h1-6,9-10,19-20H,7-8,18H2. The predicted molar refractivity (Wildman–Crippen MR) is 87.9 cm³/mol. The molecule has 0 aliphatic heterocycles. The fourth-order valence-electron chi connectivity index (χ4n) is 2.52. The molecule has 3 aromatic rings. The van der Waals surface area contributed by atoms with Crippen molar-refractivity contribution in [3.8, 4) is 11.1 Å². The van der Waals surface area contributed by atoms with Gasteiger partial charge in [-0.05, 0) is 24.3 Å². The van der Waals surface area contributed by atoms with E-state index < -0.39 is 10.0 Å². The van der Waals surface area contributed by atoms with Crippen molar-refractivity contribution in [2.24, 2.45) is 5.73 Å². The molecule has 5 nitrogen and oxygen atoms in total. The van der Waals surface area contributed by atoms with Gasteiger partial charge in [-0.1, -0.05) is 18.2 Å². The third-order valence-electron chi connectivity index (χ3n) is 3.55. The number of aromatic nitrogens is 1. The van der Waals surface area contributed by atoms with Crippen LogP contribution in [0.2, 0.25) is 0 Å². The van der Waals surface area contributed by atoms with Crippen LogP contribution < -0.4 is 10.5 Å². The molecule has 7 heteroatoms.